The third-order valence-corrected chi connectivity index (χ3v) is 4.63. The van der Waals surface area contributed by atoms with E-state index in [0.717, 1.165) is 0 Å². The maximum absolute atomic E-state index is 13.6. The van der Waals surface area contributed by atoms with Gasteiger partial charge in [0.25, 0.3) is 9.05 Å². The molecular weight excluding hydrogens is 370 g/mol. The lowest BCUT2D eigenvalue weighted by molar-refractivity contribution is 0.0120. The highest BCUT2D eigenvalue weighted by molar-refractivity contribution is 8.14. The summed E-state index contributed by atoms with van der Waals surface area (Å²) in [5, 5.41) is -1.40. The van der Waals surface area contributed by atoms with Gasteiger partial charge in [-0.1, -0.05) is 23.2 Å². The van der Waals surface area contributed by atoms with Gasteiger partial charge in [0.1, 0.15) is 16.8 Å². The van der Waals surface area contributed by atoms with Gasteiger partial charge < -0.3 is 9.47 Å². The maximum atomic E-state index is 13.6. The number of ether oxygens (including phenoxy) is 2. The number of carbonyl (C=O) groups excluding carboxylic acids is 1. The molecule has 0 spiro atoms. The topological polar surface area (TPSA) is 69.7 Å². The van der Waals surface area contributed by atoms with E-state index in [1.165, 1.54) is 14.0 Å². The van der Waals surface area contributed by atoms with Gasteiger partial charge in [0, 0.05) is 17.8 Å². The fraction of sp³-hybridized carbons (Fsp3) is 0.364. The van der Waals surface area contributed by atoms with Gasteiger partial charge in [-0.3, -0.25) is 0 Å². The first-order chi connectivity index (χ1) is 9.59. The normalized spacial score (nSPS) is 13.0. The van der Waals surface area contributed by atoms with Crippen molar-refractivity contribution in [2.45, 2.75) is 17.9 Å². The van der Waals surface area contributed by atoms with Gasteiger partial charge in [-0.05, 0) is 13.0 Å². The van der Waals surface area contributed by atoms with Gasteiger partial charge in [0.2, 0.25) is 0 Å². The highest BCUT2D eigenvalue weighted by atomic mass is 35.7. The molecular formula is C11H10Cl3FO5S. The first-order valence-corrected chi connectivity index (χ1v) is 8.48. The predicted molar refractivity (Wildman–Crippen MR) is 76.2 cm³/mol. The van der Waals surface area contributed by atoms with Crippen molar-refractivity contribution < 1.29 is 27.1 Å². The second-order valence-electron chi connectivity index (χ2n) is 3.97. The lowest BCUT2D eigenvalue weighted by Gasteiger charge is -2.14. The molecule has 0 saturated carbocycles. The third kappa shape index (κ3) is 4.43. The fourth-order valence-corrected chi connectivity index (χ4v) is 3.83. The number of benzene rings is 1. The Kier molecular flexibility index (Phi) is 6.24. The van der Waals surface area contributed by atoms with Crippen LogP contribution in [0.5, 0.6) is 0 Å². The van der Waals surface area contributed by atoms with Gasteiger partial charge >= 0.3 is 5.97 Å². The van der Waals surface area contributed by atoms with Crippen LogP contribution in [0.25, 0.3) is 0 Å². The zero-order chi connectivity index (χ0) is 16.4. The van der Waals surface area contributed by atoms with E-state index in [2.05, 4.69) is 0 Å². The molecule has 0 aliphatic heterocycles. The number of carbonyl (C=O) groups is 1. The molecule has 1 aromatic carbocycles. The molecule has 0 heterocycles. The zero-order valence-electron chi connectivity index (χ0n) is 10.8. The lowest BCUT2D eigenvalue weighted by atomic mass is 10.2. The quantitative estimate of drug-likeness (QED) is 0.446. The monoisotopic (exact) mass is 378 g/mol. The summed E-state index contributed by atoms with van der Waals surface area (Å²) in [6.07, 6.45) is -0.645. The Balaban J connectivity index is 3.33. The summed E-state index contributed by atoms with van der Waals surface area (Å²) in [4.78, 5) is 11.0. The molecule has 21 heavy (non-hydrogen) atoms. The summed E-state index contributed by atoms with van der Waals surface area (Å²) in [5.41, 5.74) is -0.499. The van der Waals surface area contributed by atoms with Crippen LogP contribution in [0, 0.1) is 5.82 Å². The Morgan fingerprint density at radius 3 is 2.43 bits per heavy atom. The number of halogens is 4. The molecule has 10 heteroatoms. The molecule has 0 aliphatic carbocycles. The largest absolute Gasteiger partial charge is 0.457 e. The van der Waals surface area contributed by atoms with E-state index in [0.29, 0.717) is 6.07 Å². The summed E-state index contributed by atoms with van der Waals surface area (Å²) in [5.74, 6) is -2.19. The fourth-order valence-electron chi connectivity index (χ4n) is 1.46. The van der Waals surface area contributed by atoms with Crippen LogP contribution in [-0.4, -0.2) is 34.2 Å². The van der Waals surface area contributed by atoms with E-state index in [9.17, 15) is 17.6 Å². The average Bonchev–Trinajstić information content (AvgIpc) is 2.32. The molecule has 0 saturated heterocycles. The highest BCUT2D eigenvalue weighted by Crippen LogP contribution is 2.36. The van der Waals surface area contributed by atoms with Crippen LogP contribution in [-0.2, 0) is 18.5 Å². The first-order valence-electron chi connectivity index (χ1n) is 5.41. The minimum atomic E-state index is -4.45. The molecule has 1 atom stereocenters. The summed E-state index contributed by atoms with van der Waals surface area (Å²) in [6, 6.07) is 0.679. The molecule has 0 aromatic heterocycles. The van der Waals surface area contributed by atoms with E-state index < -0.39 is 47.4 Å². The Labute approximate surface area is 135 Å². The molecule has 0 amide bonds. The van der Waals surface area contributed by atoms with Crippen molar-refractivity contribution in [1.29, 1.82) is 0 Å². The van der Waals surface area contributed by atoms with Crippen LogP contribution in [0.15, 0.2) is 11.0 Å². The molecule has 0 fully saturated rings. The lowest BCUT2D eigenvalue weighted by Crippen LogP contribution is -2.20. The van der Waals surface area contributed by atoms with Crippen molar-refractivity contribution in [3.8, 4) is 0 Å². The number of rotatable bonds is 5. The third-order valence-electron chi connectivity index (χ3n) is 2.29. The molecule has 1 rings (SSSR count). The maximum Gasteiger partial charge on any atom is 0.340 e. The minimum Gasteiger partial charge on any atom is -0.457 e. The van der Waals surface area contributed by atoms with Crippen LogP contribution >= 0.6 is 33.9 Å². The minimum absolute atomic E-state index is 0.0973. The average molecular weight is 380 g/mol. The molecule has 118 valence electrons. The molecule has 0 bridgehead atoms. The molecule has 0 N–H and O–H groups in total. The van der Waals surface area contributed by atoms with Crippen LogP contribution < -0.4 is 0 Å². The molecule has 5 nitrogen and oxygen atoms in total. The smallest absolute Gasteiger partial charge is 0.340 e. The van der Waals surface area contributed by atoms with Gasteiger partial charge in [-0.15, -0.1) is 0 Å². The van der Waals surface area contributed by atoms with Crippen molar-refractivity contribution in [2.75, 3.05) is 13.7 Å². The van der Waals surface area contributed by atoms with Crippen molar-refractivity contribution in [3.63, 3.8) is 0 Å². The van der Waals surface area contributed by atoms with E-state index in [1.54, 1.807) is 0 Å². The number of hydrogen-bond acceptors (Lipinski definition) is 5. The first kappa shape index (κ1) is 18.4. The van der Waals surface area contributed by atoms with Gasteiger partial charge in [-0.2, -0.15) is 0 Å². The summed E-state index contributed by atoms with van der Waals surface area (Å²) in [6.45, 7) is 1.63. The second-order valence-corrected chi connectivity index (χ2v) is 7.23. The van der Waals surface area contributed by atoms with E-state index in [1.807, 2.05) is 0 Å². The molecule has 1 unspecified atom stereocenters. The van der Waals surface area contributed by atoms with Crippen LogP contribution in [0.3, 0.4) is 0 Å². The van der Waals surface area contributed by atoms with Crippen LogP contribution in [0.4, 0.5) is 4.39 Å². The van der Waals surface area contributed by atoms with E-state index in [4.69, 9.17) is 43.4 Å². The van der Waals surface area contributed by atoms with Crippen molar-refractivity contribution in [1.82, 2.24) is 0 Å². The second kappa shape index (κ2) is 7.11. The van der Waals surface area contributed by atoms with Crippen molar-refractivity contribution in [3.05, 3.63) is 27.5 Å². The zero-order valence-corrected chi connectivity index (χ0v) is 13.9. The summed E-state index contributed by atoms with van der Waals surface area (Å²) in [7, 11) is 2.09. The molecule has 0 radical (unpaired) electrons. The van der Waals surface area contributed by atoms with Crippen molar-refractivity contribution in [2.24, 2.45) is 0 Å². The Hall–Kier alpha value is -0.600. The Morgan fingerprint density at radius 2 is 1.95 bits per heavy atom. The van der Waals surface area contributed by atoms with E-state index in [-0.39, 0.29) is 6.61 Å². The Bertz CT molecular complexity index is 662. The van der Waals surface area contributed by atoms with Crippen molar-refractivity contribution >= 4 is 48.9 Å². The SMILES string of the molecule is COCC(C)OC(=O)c1cc(F)c(Cl)c(S(=O)(=O)Cl)c1Cl. The van der Waals surface area contributed by atoms with Crippen LogP contribution in [0.2, 0.25) is 10.0 Å². The van der Waals surface area contributed by atoms with Gasteiger partial charge in [-0.25, -0.2) is 17.6 Å². The number of hydrogen-bond donors (Lipinski definition) is 0. The van der Waals surface area contributed by atoms with Gasteiger partial charge in [0.05, 0.1) is 22.2 Å². The van der Waals surface area contributed by atoms with E-state index >= 15 is 0 Å². The molecule has 1 aromatic rings. The highest BCUT2D eigenvalue weighted by Gasteiger charge is 2.28. The predicted octanol–water partition coefficient (Wildman–Crippen LogP) is 3.25. The van der Waals surface area contributed by atoms with Crippen LogP contribution in [0.1, 0.15) is 17.3 Å². The van der Waals surface area contributed by atoms with Gasteiger partial charge in [0.15, 0.2) is 0 Å². The molecule has 0 aliphatic rings. The summed E-state index contributed by atoms with van der Waals surface area (Å²) >= 11 is 11.3. The number of methoxy groups -OCH3 is 1. The number of esters is 1. The Morgan fingerprint density at radius 1 is 1.38 bits per heavy atom. The standard InChI is InChI=1S/C11H10Cl3FO5S/c1-5(4-19-2)20-11(16)6-3-7(15)9(13)10(8(6)12)21(14,17)18/h3,5H,4H2,1-2H3. The summed E-state index contributed by atoms with van der Waals surface area (Å²) < 4.78 is 46.1.